The Kier molecular flexibility index (Phi) is 4.62. The Morgan fingerprint density at radius 1 is 1.20 bits per heavy atom. The number of sulfonamides is 1. The molecule has 0 atom stereocenters. The van der Waals surface area contributed by atoms with Crippen LogP contribution < -0.4 is 4.72 Å². The maximum Gasteiger partial charge on any atom is 0.244 e. The predicted octanol–water partition coefficient (Wildman–Crippen LogP) is 1.70. The minimum atomic E-state index is -4.13. The van der Waals surface area contributed by atoms with Crippen LogP contribution in [0.2, 0.25) is 0 Å². The summed E-state index contributed by atoms with van der Waals surface area (Å²) in [5.74, 6) is -0.989. The monoisotopic (exact) mass is 323 g/mol. The van der Waals surface area contributed by atoms with E-state index >= 15 is 0 Å². The van der Waals surface area contributed by atoms with E-state index in [1.807, 2.05) is 0 Å². The highest BCUT2D eigenvalue weighted by Crippen LogP contribution is 2.21. The fourth-order valence-corrected chi connectivity index (χ4v) is 3.72. The second-order valence-corrected chi connectivity index (χ2v) is 8.87. The third-order valence-electron chi connectivity index (χ3n) is 2.91. The van der Waals surface area contributed by atoms with Crippen molar-refractivity contribution in [3.05, 3.63) is 24.0 Å². The van der Waals surface area contributed by atoms with Gasteiger partial charge in [0, 0.05) is 11.8 Å². The van der Waals surface area contributed by atoms with Crippen molar-refractivity contribution in [2.75, 3.05) is 6.26 Å². The molecule has 0 heterocycles. The van der Waals surface area contributed by atoms with E-state index in [-0.39, 0.29) is 4.90 Å². The summed E-state index contributed by atoms with van der Waals surface area (Å²) < 4.78 is 63.2. The highest BCUT2D eigenvalue weighted by Gasteiger charge is 2.28. The first-order valence-corrected chi connectivity index (χ1v) is 9.30. The first kappa shape index (κ1) is 17.1. The molecule has 0 amide bonds. The molecule has 1 rings (SSSR count). The Labute approximate surface area is 119 Å². The second kappa shape index (κ2) is 5.42. The number of sulfone groups is 1. The number of hydrogen-bond donors (Lipinski definition) is 1. The van der Waals surface area contributed by atoms with Crippen LogP contribution in [0.15, 0.2) is 28.0 Å². The highest BCUT2D eigenvalue weighted by molar-refractivity contribution is 7.91. The molecule has 0 unspecified atom stereocenters. The highest BCUT2D eigenvalue weighted by atomic mass is 32.2. The molecule has 0 aliphatic heterocycles. The van der Waals surface area contributed by atoms with E-state index in [1.165, 1.54) is 0 Å². The molecule has 0 saturated carbocycles. The molecule has 0 aliphatic rings. The van der Waals surface area contributed by atoms with Crippen molar-refractivity contribution >= 4 is 19.9 Å². The average Bonchev–Trinajstić information content (AvgIpc) is 2.26. The quantitative estimate of drug-likeness (QED) is 0.836. The molecule has 8 heteroatoms. The summed E-state index contributed by atoms with van der Waals surface area (Å²) in [7, 11) is -7.74. The van der Waals surface area contributed by atoms with Crippen molar-refractivity contribution in [3.8, 4) is 0 Å². The molecule has 0 aromatic heterocycles. The number of rotatable bonds is 5. The van der Waals surface area contributed by atoms with Crippen molar-refractivity contribution in [3.63, 3.8) is 0 Å². The van der Waals surface area contributed by atoms with Gasteiger partial charge < -0.3 is 0 Å². The topological polar surface area (TPSA) is 80.3 Å². The summed E-state index contributed by atoms with van der Waals surface area (Å²) in [4.78, 5) is -0.907. The molecular formula is C12H18FNO4S2. The molecule has 0 aliphatic carbocycles. The minimum absolute atomic E-state index is 0.242. The van der Waals surface area contributed by atoms with Crippen LogP contribution in [0.5, 0.6) is 0 Å². The van der Waals surface area contributed by atoms with E-state index in [2.05, 4.69) is 4.72 Å². The smallest absolute Gasteiger partial charge is 0.224 e. The lowest BCUT2D eigenvalue weighted by Gasteiger charge is -2.24. The van der Waals surface area contributed by atoms with E-state index in [1.54, 1.807) is 20.8 Å². The van der Waals surface area contributed by atoms with Gasteiger partial charge in [-0.25, -0.2) is 25.9 Å². The van der Waals surface area contributed by atoms with Crippen LogP contribution in [0, 0.1) is 5.82 Å². The molecule has 1 aromatic rings. The minimum Gasteiger partial charge on any atom is -0.224 e. The van der Waals surface area contributed by atoms with Gasteiger partial charge in [0.1, 0.15) is 10.7 Å². The zero-order valence-electron chi connectivity index (χ0n) is 11.8. The van der Waals surface area contributed by atoms with Gasteiger partial charge in [-0.05, 0) is 38.5 Å². The van der Waals surface area contributed by atoms with Crippen molar-refractivity contribution < 1.29 is 21.2 Å². The van der Waals surface area contributed by atoms with Gasteiger partial charge in [0.25, 0.3) is 0 Å². The molecule has 1 N–H and O–H groups in total. The van der Waals surface area contributed by atoms with E-state index < -0.39 is 36.1 Å². The Bertz CT molecular complexity index is 709. The van der Waals surface area contributed by atoms with Gasteiger partial charge in [-0.2, -0.15) is 0 Å². The van der Waals surface area contributed by atoms with Gasteiger partial charge in [0.15, 0.2) is 9.84 Å². The number of hydrogen-bond acceptors (Lipinski definition) is 4. The van der Waals surface area contributed by atoms with Gasteiger partial charge in [-0.3, -0.25) is 0 Å². The Balaban J connectivity index is 3.39. The van der Waals surface area contributed by atoms with Gasteiger partial charge in [-0.15, -0.1) is 0 Å². The van der Waals surface area contributed by atoms with Crippen LogP contribution in [0.1, 0.15) is 27.2 Å². The molecule has 0 saturated heterocycles. The first-order valence-electron chi connectivity index (χ1n) is 5.92. The van der Waals surface area contributed by atoms with E-state index in [0.717, 1.165) is 24.5 Å². The fraction of sp³-hybridized carbons (Fsp3) is 0.500. The Morgan fingerprint density at radius 3 is 2.20 bits per heavy atom. The summed E-state index contributed by atoms with van der Waals surface area (Å²) in [6.45, 7) is 5.09. The maximum absolute atomic E-state index is 13.7. The number of benzene rings is 1. The van der Waals surface area contributed by atoms with Crippen molar-refractivity contribution in [1.29, 1.82) is 0 Å². The SMILES string of the molecule is CCC(C)(C)NS(=O)(=O)c1cc(S(C)(=O)=O)ccc1F. The van der Waals surface area contributed by atoms with Crippen LogP contribution >= 0.6 is 0 Å². The van der Waals surface area contributed by atoms with Crippen LogP contribution in [-0.4, -0.2) is 28.6 Å². The van der Waals surface area contributed by atoms with Gasteiger partial charge >= 0.3 is 0 Å². The first-order chi connectivity index (χ1) is 8.89. The summed E-state index contributed by atoms with van der Waals surface area (Å²) >= 11 is 0. The average molecular weight is 323 g/mol. The largest absolute Gasteiger partial charge is 0.244 e. The maximum atomic E-state index is 13.7. The molecule has 0 radical (unpaired) electrons. The second-order valence-electron chi connectivity index (χ2n) is 5.21. The van der Waals surface area contributed by atoms with Crippen LogP contribution in [0.25, 0.3) is 0 Å². The van der Waals surface area contributed by atoms with E-state index in [0.29, 0.717) is 6.42 Å². The summed E-state index contributed by atoms with van der Waals surface area (Å²) in [5, 5.41) is 0. The van der Waals surface area contributed by atoms with Crippen LogP contribution in [0.3, 0.4) is 0 Å². The summed E-state index contributed by atoms with van der Waals surface area (Å²) in [6, 6.07) is 2.71. The molecular weight excluding hydrogens is 305 g/mol. The summed E-state index contributed by atoms with van der Waals surface area (Å²) in [5.41, 5.74) is -0.758. The lowest BCUT2D eigenvalue weighted by molar-refractivity contribution is 0.437. The molecule has 1 aromatic carbocycles. The van der Waals surface area contributed by atoms with Crippen molar-refractivity contribution in [2.45, 2.75) is 42.5 Å². The molecule has 114 valence electrons. The lowest BCUT2D eigenvalue weighted by Crippen LogP contribution is -2.42. The third kappa shape index (κ3) is 4.00. The molecule has 0 bridgehead atoms. The predicted molar refractivity (Wildman–Crippen MR) is 74.2 cm³/mol. The molecule has 0 spiro atoms. The van der Waals surface area contributed by atoms with Gasteiger partial charge in [0.2, 0.25) is 10.0 Å². The lowest BCUT2D eigenvalue weighted by atomic mass is 10.0. The fourth-order valence-electron chi connectivity index (χ4n) is 1.41. The van der Waals surface area contributed by atoms with Gasteiger partial charge in [-0.1, -0.05) is 6.92 Å². The molecule has 0 fully saturated rings. The normalized spacial score (nSPS) is 13.4. The van der Waals surface area contributed by atoms with E-state index in [9.17, 15) is 21.2 Å². The number of nitrogens with one attached hydrogen (secondary N) is 1. The zero-order valence-corrected chi connectivity index (χ0v) is 13.4. The van der Waals surface area contributed by atoms with Crippen LogP contribution in [0.4, 0.5) is 4.39 Å². The summed E-state index contributed by atoms with van der Waals surface area (Å²) in [6.07, 6.45) is 1.43. The standard InChI is InChI=1S/C12H18FNO4S2/c1-5-12(2,3)14-20(17,18)11-8-9(19(4,15)16)6-7-10(11)13/h6-8,14H,5H2,1-4H3. The number of halogens is 1. The third-order valence-corrected chi connectivity index (χ3v) is 5.74. The zero-order chi connectivity index (χ0) is 15.8. The Morgan fingerprint density at radius 2 is 1.75 bits per heavy atom. The van der Waals surface area contributed by atoms with Crippen molar-refractivity contribution in [1.82, 2.24) is 4.72 Å². The van der Waals surface area contributed by atoms with Crippen LogP contribution in [-0.2, 0) is 19.9 Å². The Hall–Kier alpha value is -0.990. The molecule has 5 nitrogen and oxygen atoms in total. The van der Waals surface area contributed by atoms with Crippen molar-refractivity contribution in [2.24, 2.45) is 0 Å². The van der Waals surface area contributed by atoms with E-state index in [4.69, 9.17) is 0 Å². The van der Waals surface area contributed by atoms with Gasteiger partial charge in [0.05, 0.1) is 4.90 Å². The molecule has 20 heavy (non-hydrogen) atoms.